The van der Waals surface area contributed by atoms with E-state index in [0.717, 1.165) is 19.3 Å². The minimum absolute atomic E-state index is 0.00385. The number of aliphatic hydroxyl groups excluding tert-OH is 1. The van der Waals surface area contributed by atoms with E-state index >= 15 is 0 Å². The molecule has 0 aliphatic heterocycles. The predicted octanol–water partition coefficient (Wildman–Crippen LogP) is 2.70. The highest BCUT2D eigenvalue weighted by molar-refractivity contribution is 7.89. The lowest BCUT2D eigenvalue weighted by molar-refractivity contribution is 0.145. The smallest absolute Gasteiger partial charge is 0.214 e. The number of halogens is 1. The largest absolute Gasteiger partial charge is 0.387 e. The molecule has 1 fully saturated rings. The topological polar surface area (TPSA) is 57.6 Å². The average molecular weight is 329 g/mol. The van der Waals surface area contributed by atoms with E-state index in [-0.39, 0.29) is 30.1 Å². The molecule has 0 aromatic heterocycles. The minimum Gasteiger partial charge on any atom is -0.387 e. The molecule has 2 rings (SSSR count). The second-order valence-corrected chi connectivity index (χ2v) is 8.13. The van der Waals surface area contributed by atoms with Crippen molar-refractivity contribution in [2.45, 2.75) is 45.3 Å². The van der Waals surface area contributed by atoms with Crippen LogP contribution in [0.15, 0.2) is 24.3 Å². The lowest BCUT2D eigenvalue weighted by atomic mass is 10.1. The van der Waals surface area contributed by atoms with Gasteiger partial charge in [0.15, 0.2) is 0 Å². The summed E-state index contributed by atoms with van der Waals surface area (Å²) in [6.07, 6.45) is 1.55. The third-order valence-corrected chi connectivity index (χ3v) is 6.26. The number of nitrogens with zero attached hydrogens (tertiary/aromatic N) is 1. The van der Waals surface area contributed by atoms with Gasteiger partial charge < -0.3 is 5.11 Å². The van der Waals surface area contributed by atoms with E-state index in [1.165, 1.54) is 28.6 Å². The lowest BCUT2D eigenvalue weighted by Crippen LogP contribution is -2.39. The second kappa shape index (κ2) is 7.06. The maximum Gasteiger partial charge on any atom is 0.214 e. The van der Waals surface area contributed by atoms with Gasteiger partial charge in [-0.3, -0.25) is 0 Å². The van der Waals surface area contributed by atoms with Crippen LogP contribution in [0.5, 0.6) is 0 Å². The van der Waals surface area contributed by atoms with Crippen LogP contribution >= 0.6 is 0 Å². The van der Waals surface area contributed by atoms with Crippen LogP contribution in [-0.2, 0) is 10.0 Å². The molecule has 0 radical (unpaired) electrons. The van der Waals surface area contributed by atoms with Gasteiger partial charge in [-0.1, -0.05) is 32.4 Å². The summed E-state index contributed by atoms with van der Waals surface area (Å²) >= 11 is 0. The number of rotatable bonds is 8. The Kier molecular flexibility index (Phi) is 5.58. The van der Waals surface area contributed by atoms with E-state index in [2.05, 4.69) is 0 Å². The summed E-state index contributed by atoms with van der Waals surface area (Å²) < 4.78 is 39.5. The summed E-state index contributed by atoms with van der Waals surface area (Å²) in [4.78, 5) is 0. The lowest BCUT2D eigenvalue weighted by Gasteiger charge is -2.26. The Morgan fingerprint density at radius 3 is 2.41 bits per heavy atom. The highest BCUT2D eigenvalue weighted by Gasteiger charge is 2.38. The normalized spacial score (nSPS) is 18.4. The van der Waals surface area contributed by atoms with Crippen LogP contribution in [0.4, 0.5) is 4.39 Å². The Hall–Kier alpha value is -0.980. The molecule has 0 saturated heterocycles. The molecule has 0 heterocycles. The highest BCUT2D eigenvalue weighted by Crippen LogP contribution is 2.32. The van der Waals surface area contributed by atoms with Crippen LogP contribution in [0, 0.1) is 11.7 Å². The van der Waals surface area contributed by atoms with E-state index < -0.39 is 16.1 Å². The van der Waals surface area contributed by atoms with Crippen molar-refractivity contribution in [1.82, 2.24) is 4.31 Å². The van der Waals surface area contributed by atoms with Crippen LogP contribution in [0.2, 0.25) is 0 Å². The first kappa shape index (κ1) is 17.4. The van der Waals surface area contributed by atoms with Crippen molar-refractivity contribution in [3.05, 3.63) is 35.6 Å². The molecule has 0 bridgehead atoms. The standard InChI is InChI=1S/C16H24FNO3S/c1-3-12(2)11-22(20,21)18(15-8-9-15)10-16(19)13-4-6-14(17)7-5-13/h4-7,12,15-16,19H,3,8-11H2,1-2H3. The molecule has 2 unspecified atom stereocenters. The Morgan fingerprint density at radius 1 is 1.32 bits per heavy atom. The maximum absolute atomic E-state index is 12.9. The van der Waals surface area contributed by atoms with Gasteiger partial charge in [0.2, 0.25) is 10.0 Å². The Bertz CT molecular complexity index is 584. The summed E-state index contributed by atoms with van der Waals surface area (Å²) in [5.41, 5.74) is 0.533. The molecule has 6 heteroatoms. The van der Waals surface area contributed by atoms with Crippen LogP contribution in [0.3, 0.4) is 0 Å². The zero-order valence-corrected chi connectivity index (χ0v) is 13.9. The van der Waals surface area contributed by atoms with E-state index in [4.69, 9.17) is 0 Å². The quantitative estimate of drug-likeness (QED) is 0.798. The fraction of sp³-hybridized carbons (Fsp3) is 0.625. The van der Waals surface area contributed by atoms with Crippen LogP contribution in [0.1, 0.15) is 44.8 Å². The molecule has 1 aromatic carbocycles. The van der Waals surface area contributed by atoms with Gasteiger partial charge in [0.05, 0.1) is 11.9 Å². The zero-order valence-electron chi connectivity index (χ0n) is 13.1. The van der Waals surface area contributed by atoms with Crippen molar-refractivity contribution in [1.29, 1.82) is 0 Å². The van der Waals surface area contributed by atoms with E-state index in [0.29, 0.717) is 5.56 Å². The Labute approximate surface area is 132 Å². The van der Waals surface area contributed by atoms with Crippen molar-refractivity contribution in [2.24, 2.45) is 5.92 Å². The molecule has 4 nitrogen and oxygen atoms in total. The van der Waals surface area contributed by atoms with Gasteiger partial charge in [0.25, 0.3) is 0 Å². The van der Waals surface area contributed by atoms with Crippen molar-refractivity contribution >= 4 is 10.0 Å². The van der Waals surface area contributed by atoms with Crippen molar-refractivity contribution in [2.75, 3.05) is 12.3 Å². The van der Waals surface area contributed by atoms with Crippen molar-refractivity contribution in [3.63, 3.8) is 0 Å². The van der Waals surface area contributed by atoms with Crippen LogP contribution in [-0.4, -0.2) is 36.2 Å². The van der Waals surface area contributed by atoms with Gasteiger partial charge in [-0.05, 0) is 36.5 Å². The van der Waals surface area contributed by atoms with E-state index in [9.17, 15) is 17.9 Å². The van der Waals surface area contributed by atoms with Gasteiger partial charge in [0.1, 0.15) is 5.82 Å². The van der Waals surface area contributed by atoms with Gasteiger partial charge in [-0.25, -0.2) is 12.8 Å². The second-order valence-electron chi connectivity index (χ2n) is 6.16. The Balaban J connectivity index is 2.10. The summed E-state index contributed by atoms with van der Waals surface area (Å²) in [7, 11) is -3.38. The Morgan fingerprint density at radius 2 is 1.91 bits per heavy atom. The first-order valence-electron chi connectivity index (χ1n) is 7.76. The molecule has 22 heavy (non-hydrogen) atoms. The molecule has 1 aliphatic rings. The summed E-state index contributed by atoms with van der Waals surface area (Å²) in [6.45, 7) is 3.92. The van der Waals surface area contributed by atoms with Crippen molar-refractivity contribution < 1.29 is 17.9 Å². The zero-order chi connectivity index (χ0) is 16.3. The van der Waals surface area contributed by atoms with Gasteiger partial charge in [-0.15, -0.1) is 0 Å². The summed E-state index contributed by atoms with van der Waals surface area (Å²) in [6, 6.07) is 5.53. The van der Waals surface area contributed by atoms with E-state index in [1.54, 1.807) is 0 Å². The van der Waals surface area contributed by atoms with Gasteiger partial charge in [0, 0.05) is 12.6 Å². The fourth-order valence-corrected chi connectivity index (χ4v) is 4.57. The summed E-state index contributed by atoms with van der Waals surface area (Å²) in [5.74, 6) is -0.176. The molecular weight excluding hydrogens is 305 g/mol. The first-order valence-corrected chi connectivity index (χ1v) is 9.37. The SMILES string of the molecule is CCC(C)CS(=O)(=O)N(CC(O)c1ccc(F)cc1)C1CC1. The molecule has 1 N–H and O–H groups in total. The van der Waals surface area contributed by atoms with Gasteiger partial charge in [-0.2, -0.15) is 4.31 Å². The molecular formula is C16H24FNO3S. The minimum atomic E-state index is -3.38. The molecule has 124 valence electrons. The van der Waals surface area contributed by atoms with Gasteiger partial charge >= 0.3 is 0 Å². The third kappa shape index (κ3) is 4.51. The number of hydrogen-bond donors (Lipinski definition) is 1. The highest BCUT2D eigenvalue weighted by atomic mass is 32.2. The number of sulfonamides is 1. The number of aliphatic hydroxyl groups is 1. The molecule has 1 aromatic rings. The first-order chi connectivity index (χ1) is 10.3. The molecule has 1 aliphatic carbocycles. The molecule has 2 atom stereocenters. The van der Waals surface area contributed by atoms with Crippen LogP contribution < -0.4 is 0 Å². The maximum atomic E-state index is 12.9. The van der Waals surface area contributed by atoms with Crippen LogP contribution in [0.25, 0.3) is 0 Å². The predicted molar refractivity (Wildman–Crippen MR) is 84.3 cm³/mol. The number of hydrogen-bond acceptors (Lipinski definition) is 3. The molecule has 1 saturated carbocycles. The van der Waals surface area contributed by atoms with Crippen molar-refractivity contribution in [3.8, 4) is 0 Å². The van der Waals surface area contributed by atoms with E-state index in [1.807, 2.05) is 13.8 Å². The molecule has 0 amide bonds. The average Bonchev–Trinajstić information content (AvgIpc) is 3.28. The monoisotopic (exact) mass is 329 g/mol. The third-order valence-electron chi connectivity index (χ3n) is 4.11. The summed E-state index contributed by atoms with van der Waals surface area (Å²) in [5, 5.41) is 10.3. The fourth-order valence-electron chi connectivity index (χ4n) is 2.39. The number of benzene rings is 1. The molecule has 0 spiro atoms.